The molecule has 0 aliphatic carbocycles. The van der Waals surface area contributed by atoms with Gasteiger partial charge in [-0.25, -0.2) is 9.18 Å². The molecule has 2 aromatic rings. The lowest BCUT2D eigenvalue weighted by Crippen LogP contribution is -2.24. The monoisotopic (exact) mass is 344 g/mol. The average molecular weight is 344 g/mol. The number of hydrogen-bond acceptors (Lipinski definition) is 5. The number of rotatable bonds is 4. The maximum Gasteiger partial charge on any atom is 0.408 e. The highest BCUT2D eigenvalue weighted by Crippen LogP contribution is 2.29. The lowest BCUT2D eigenvalue weighted by Gasteiger charge is -2.04. The zero-order valence-corrected chi connectivity index (χ0v) is 12.9. The van der Waals surface area contributed by atoms with E-state index in [1.165, 1.54) is 0 Å². The molecule has 1 amide bonds. The van der Waals surface area contributed by atoms with E-state index >= 15 is 0 Å². The molecule has 8 heteroatoms. The highest BCUT2D eigenvalue weighted by atomic mass is 19.1. The van der Waals surface area contributed by atoms with Gasteiger partial charge in [-0.05, 0) is 11.6 Å². The van der Waals surface area contributed by atoms with Crippen molar-refractivity contribution in [3.63, 3.8) is 0 Å². The van der Waals surface area contributed by atoms with Crippen LogP contribution in [0.3, 0.4) is 0 Å². The molecule has 0 unspecified atom stereocenters. The van der Waals surface area contributed by atoms with Crippen LogP contribution >= 0.6 is 0 Å². The van der Waals surface area contributed by atoms with Crippen LogP contribution in [-0.4, -0.2) is 22.7 Å². The van der Waals surface area contributed by atoms with Crippen molar-refractivity contribution in [2.24, 2.45) is 0 Å². The summed E-state index contributed by atoms with van der Waals surface area (Å²) in [4.78, 5) is 21.3. The van der Waals surface area contributed by atoms with E-state index in [2.05, 4.69) is 17.2 Å². The largest absolute Gasteiger partial charge is 0.500 e. The summed E-state index contributed by atoms with van der Waals surface area (Å²) in [7, 11) is 0. The van der Waals surface area contributed by atoms with Crippen molar-refractivity contribution in [1.82, 2.24) is 5.32 Å². The number of nitro groups is 1. The van der Waals surface area contributed by atoms with E-state index in [4.69, 9.17) is 4.74 Å². The van der Waals surface area contributed by atoms with Crippen molar-refractivity contribution in [3.05, 3.63) is 69.5 Å². The van der Waals surface area contributed by atoms with Gasteiger partial charge >= 0.3 is 11.8 Å². The molecule has 0 radical (unpaired) electrons. The van der Waals surface area contributed by atoms with Gasteiger partial charge in [-0.3, -0.25) is 10.1 Å². The molecule has 7 nitrogen and oxygen atoms in total. The second-order valence-corrected chi connectivity index (χ2v) is 4.80. The number of halogens is 1. The number of aromatic hydroxyl groups is 1. The van der Waals surface area contributed by atoms with Gasteiger partial charge in [-0.2, -0.15) is 0 Å². The Hall–Kier alpha value is -3.60. The Morgan fingerprint density at radius 2 is 2.04 bits per heavy atom. The molecular weight excluding hydrogens is 331 g/mol. The molecule has 0 atom stereocenters. The summed E-state index contributed by atoms with van der Waals surface area (Å²) in [5.74, 6) is 2.78. The summed E-state index contributed by atoms with van der Waals surface area (Å²) in [5.41, 5.74) is 0.0524. The molecule has 0 aliphatic rings. The number of hydrogen-bond donors (Lipinski definition) is 2. The Morgan fingerprint density at radius 3 is 2.72 bits per heavy atom. The summed E-state index contributed by atoms with van der Waals surface area (Å²) >= 11 is 0. The Kier molecular flexibility index (Phi) is 5.90. The van der Waals surface area contributed by atoms with Crippen LogP contribution in [-0.2, 0) is 11.3 Å². The van der Waals surface area contributed by atoms with Crippen LogP contribution in [0.15, 0.2) is 42.5 Å². The van der Waals surface area contributed by atoms with Gasteiger partial charge in [-0.1, -0.05) is 42.2 Å². The average Bonchev–Trinajstić information content (AvgIpc) is 2.60. The van der Waals surface area contributed by atoms with Crippen molar-refractivity contribution in [2.75, 3.05) is 6.54 Å². The summed E-state index contributed by atoms with van der Waals surface area (Å²) in [6, 6.07) is 10.9. The molecule has 2 aromatic carbocycles. The summed E-state index contributed by atoms with van der Waals surface area (Å²) < 4.78 is 18.4. The molecule has 0 bridgehead atoms. The first-order valence-electron chi connectivity index (χ1n) is 7.07. The number of phenolic OH excluding ortho intramolecular Hbond substituents is 1. The summed E-state index contributed by atoms with van der Waals surface area (Å²) in [6.45, 7) is 0.0133. The van der Waals surface area contributed by atoms with Crippen molar-refractivity contribution in [1.29, 1.82) is 0 Å². The highest BCUT2D eigenvalue weighted by molar-refractivity contribution is 5.67. The zero-order valence-electron chi connectivity index (χ0n) is 12.9. The Labute approximate surface area is 142 Å². The summed E-state index contributed by atoms with van der Waals surface area (Å²) in [6.07, 6.45) is -0.680. The minimum absolute atomic E-state index is 0.00135. The third-order valence-corrected chi connectivity index (χ3v) is 3.01. The fraction of sp³-hybridized carbons (Fsp3) is 0.118. The van der Waals surface area contributed by atoms with E-state index in [9.17, 15) is 24.4 Å². The molecular formula is C17H13FN2O5. The number of nitrogens with zero attached hydrogens (tertiary/aromatic N) is 1. The second kappa shape index (κ2) is 8.31. The lowest BCUT2D eigenvalue weighted by atomic mass is 10.2. The van der Waals surface area contributed by atoms with E-state index in [1.54, 1.807) is 12.1 Å². The number of nitrogens with one attached hydrogen (secondary N) is 1. The zero-order chi connectivity index (χ0) is 18.2. The number of alkyl carbamates (subject to hydrolysis) is 1. The first kappa shape index (κ1) is 17.7. The molecule has 25 heavy (non-hydrogen) atoms. The molecule has 2 N–H and O–H groups in total. The number of carbonyl (C=O) groups is 1. The maximum absolute atomic E-state index is 13.4. The number of ether oxygens (including phenoxy) is 1. The molecule has 0 aromatic heterocycles. The fourth-order valence-electron chi connectivity index (χ4n) is 1.83. The number of nitro benzene ring substituents is 1. The maximum atomic E-state index is 13.4. The minimum atomic E-state index is -1.14. The predicted octanol–water partition coefficient (Wildman–Crippen LogP) is 2.72. The van der Waals surface area contributed by atoms with Crippen LogP contribution in [0, 0.1) is 27.8 Å². The molecule has 0 saturated carbocycles. The SMILES string of the molecule is O=C(NCC#Cc1cc(F)c(O)c([N+](=O)[O-])c1)OCc1ccccc1. The molecule has 2 rings (SSSR count). The van der Waals surface area contributed by atoms with E-state index in [0.717, 1.165) is 17.7 Å². The van der Waals surface area contributed by atoms with E-state index in [-0.39, 0.29) is 18.7 Å². The standard InChI is InChI=1S/C17H13FN2O5/c18-14-9-13(10-15(16(14)21)20(23)24)7-4-8-19-17(22)25-11-12-5-2-1-3-6-12/h1-3,5-6,9-10,21H,8,11H2,(H,19,22). The van der Waals surface area contributed by atoms with Gasteiger partial charge in [0.1, 0.15) is 6.61 Å². The Balaban J connectivity index is 1.88. The quantitative estimate of drug-likeness (QED) is 0.504. The van der Waals surface area contributed by atoms with Gasteiger partial charge in [0.25, 0.3) is 0 Å². The van der Waals surface area contributed by atoms with Gasteiger partial charge in [0.05, 0.1) is 11.5 Å². The van der Waals surface area contributed by atoms with Crippen molar-refractivity contribution < 1.29 is 24.0 Å². The molecule has 0 spiro atoms. The summed E-state index contributed by atoms with van der Waals surface area (Å²) in [5, 5.41) is 22.3. The van der Waals surface area contributed by atoms with Crippen LogP contribution in [0.25, 0.3) is 0 Å². The van der Waals surface area contributed by atoms with Gasteiger partial charge in [0, 0.05) is 11.6 Å². The van der Waals surface area contributed by atoms with Crippen LogP contribution in [0.2, 0.25) is 0 Å². The van der Waals surface area contributed by atoms with Crippen LogP contribution < -0.4 is 5.32 Å². The molecule has 0 saturated heterocycles. The van der Waals surface area contributed by atoms with Crippen molar-refractivity contribution in [2.45, 2.75) is 6.61 Å². The third kappa shape index (κ3) is 5.21. The highest BCUT2D eigenvalue weighted by Gasteiger charge is 2.18. The van der Waals surface area contributed by atoms with Crippen LogP contribution in [0.5, 0.6) is 5.75 Å². The molecule has 0 aliphatic heterocycles. The number of benzene rings is 2. The fourth-order valence-corrected chi connectivity index (χ4v) is 1.83. The molecule has 128 valence electrons. The van der Waals surface area contributed by atoms with Crippen LogP contribution in [0.1, 0.15) is 11.1 Å². The van der Waals surface area contributed by atoms with Crippen LogP contribution in [0.4, 0.5) is 14.9 Å². The van der Waals surface area contributed by atoms with E-state index < -0.39 is 28.3 Å². The number of phenols is 1. The predicted molar refractivity (Wildman–Crippen MR) is 86.2 cm³/mol. The minimum Gasteiger partial charge on any atom is -0.500 e. The second-order valence-electron chi connectivity index (χ2n) is 4.80. The topological polar surface area (TPSA) is 102 Å². The van der Waals surface area contributed by atoms with Crippen molar-refractivity contribution in [3.8, 4) is 17.6 Å². The normalized spacial score (nSPS) is 9.64. The Morgan fingerprint density at radius 1 is 1.32 bits per heavy atom. The molecule has 0 heterocycles. The van der Waals surface area contributed by atoms with E-state index in [1.807, 2.05) is 18.2 Å². The Bertz CT molecular complexity index is 843. The van der Waals surface area contributed by atoms with Gasteiger partial charge < -0.3 is 15.2 Å². The number of amides is 1. The van der Waals surface area contributed by atoms with Gasteiger partial charge in [-0.15, -0.1) is 0 Å². The molecule has 0 fully saturated rings. The van der Waals surface area contributed by atoms with Gasteiger partial charge in [0.2, 0.25) is 5.75 Å². The van der Waals surface area contributed by atoms with Gasteiger partial charge in [0.15, 0.2) is 5.82 Å². The smallest absolute Gasteiger partial charge is 0.408 e. The third-order valence-electron chi connectivity index (χ3n) is 3.01. The van der Waals surface area contributed by atoms with E-state index in [0.29, 0.717) is 0 Å². The first-order valence-corrected chi connectivity index (χ1v) is 7.07. The van der Waals surface area contributed by atoms with Crippen molar-refractivity contribution >= 4 is 11.8 Å². The first-order chi connectivity index (χ1) is 12.0. The lowest BCUT2D eigenvalue weighted by molar-refractivity contribution is -0.386. The number of carbonyl (C=O) groups excluding carboxylic acids is 1.